The number of hydrazine groups is 1. The fourth-order valence-electron chi connectivity index (χ4n) is 1.04. The maximum atomic E-state index is 11.3. The van der Waals surface area contributed by atoms with Crippen molar-refractivity contribution in [3.8, 4) is 0 Å². The van der Waals surface area contributed by atoms with Crippen molar-refractivity contribution in [3.63, 3.8) is 0 Å². The Kier molecular flexibility index (Phi) is 4.61. The van der Waals surface area contributed by atoms with E-state index in [-0.39, 0.29) is 5.96 Å². The molecule has 0 aliphatic rings. The van der Waals surface area contributed by atoms with Gasteiger partial charge < -0.3 is 11.2 Å². The van der Waals surface area contributed by atoms with Crippen LogP contribution < -0.4 is 27.7 Å². The topological polar surface area (TPSA) is 118 Å². The Bertz CT molecular complexity index is 364. The van der Waals surface area contributed by atoms with Crippen LogP contribution in [0.3, 0.4) is 0 Å². The Morgan fingerprint density at radius 1 is 1.31 bits per heavy atom. The molecule has 2 amide bonds. The molecule has 0 aromatic heterocycles. The summed E-state index contributed by atoms with van der Waals surface area (Å²) in [6.07, 6.45) is 0. The zero-order valence-corrected chi connectivity index (χ0v) is 8.60. The summed E-state index contributed by atoms with van der Waals surface area (Å²) in [6.45, 7) is 0.412. The predicted molar refractivity (Wildman–Crippen MR) is 60.8 cm³/mol. The van der Waals surface area contributed by atoms with E-state index in [9.17, 15) is 4.79 Å². The Morgan fingerprint density at radius 2 is 2.00 bits per heavy atom. The highest BCUT2D eigenvalue weighted by Crippen LogP contribution is 1.96. The van der Waals surface area contributed by atoms with Gasteiger partial charge in [-0.1, -0.05) is 30.3 Å². The molecule has 16 heavy (non-hydrogen) atoms. The summed E-state index contributed by atoms with van der Waals surface area (Å²) in [5, 5.41) is 8.15. The number of carbonyl (C=O) groups is 1. The van der Waals surface area contributed by atoms with Crippen molar-refractivity contribution in [1.29, 1.82) is 0 Å². The van der Waals surface area contributed by atoms with Gasteiger partial charge in [-0.05, 0) is 5.56 Å². The number of hydrogen-bond donors (Lipinski definition) is 5. The molecule has 86 valence electrons. The van der Waals surface area contributed by atoms with Gasteiger partial charge in [-0.25, -0.2) is 10.6 Å². The molecular formula is C9H14N6O. The van der Waals surface area contributed by atoms with Crippen LogP contribution in [-0.4, -0.2) is 12.0 Å². The van der Waals surface area contributed by atoms with E-state index in [1.165, 1.54) is 0 Å². The van der Waals surface area contributed by atoms with Gasteiger partial charge in [-0.3, -0.25) is 10.7 Å². The number of benzene rings is 1. The summed E-state index contributed by atoms with van der Waals surface area (Å²) in [6, 6.07) is 9.05. The molecule has 0 saturated carbocycles. The van der Waals surface area contributed by atoms with Crippen molar-refractivity contribution in [2.24, 2.45) is 16.8 Å². The summed E-state index contributed by atoms with van der Waals surface area (Å²) in [5.74, 6) is 9.97. The molecule has 0 fully saturated rings. The number of hydrogen-bond acceptors (Lipinski definition) is 4. The lowest BCUT2D eigenvalue weighted by atomic mass is 10.2. The number of carbonyl (C=O) groups excluding carboxylic acids is 1. The number of amides is 2. The Morgan fingerprint density at radius 3 is 2.56 bits per heavy atom. The first-order chi connectivity index (χ1) is 7.76. The van der Waals surface area contributed by atoms with Gasteiger partial charge in [0.2, 0.25) is 5.96 Å². The quantitative estimate of drug-likeness (QED) is 0.194. The summed E-state index contributed by atoms with van der Waals surface area (Å²) in [4.78, 5) is 11.3. The first kappa shape index (κ1) is 11.8. The Labute approximate surface area is 92.9 Å². The second-order valence-electron chi connectivity index (χ2n) is 2.92. The van der Waals surface area contributed by atoms with Crippen molar-refractivity contribution in [2.45, 2.75) is 6.54 Å². The second-order valence-corrected chi connectivity index (χ2v) is 2.92. The number of guanidine groups is 1. The number of hydrazone groups is 1. The standard InChI is InChI=1S/C9H14N6O/c10-14-8(15-11)13-9(16)12-6-7-4-2-1-3-5-7/h1-5H,6,10-11H2,(H3,12,13,14,15,16). The number of nitrogens with zero attached hydrogens (tertiary/aromatic N) is 1. The molecule has 0 aliphatic carbocycles. The van der Waals surface area contributed by atoms with Crippen LogP contribution in [0.4, 0.5) is 4.79 Å². The van der Waals surface area contributed by atoms with Crippen LogP contribution in [0.2, 0.25) is 0 Å². The molecule has 0 bridgehead atoms. The molecular weight excluding hydrogens is 208 g/mol. The first-order valence-electron chi connectivity index (χ1n) is 4.59. The van der Waals surface area contributed by atoms with Crippen molar-refractivity contribution in [2.75, 3.05) is 0 Å². The van der Waals surface area contributed by atoms with E-state index < -0.39 is 6.03 Å². The molecule has 0 spiro atoms. The van der Waals surface area contributed by atoms with Crippen LogP contribution in [0.1, 0.15) is 5.56 Å². The van der Waals surface area contributed by atoms with Gasteiger partial charge >= 0.3 is 6.03 Å². The minimum atomic E-state index is -0.439. The van der Waals surface area contributed by atoms with E-state index in [0.717, 1.165) is 5.56 Å². The van der Waals surface area contributed by atoms with E-state index >= 15 is 0 Å². The average molecular weight is 222 g/mol. The zero-order valence-electron chi connectivity index (χ0n) is 8.60. The Hall–Kier alpha value is -2.28. The summed E-state index contributed by atoms with van der Waals surface area (Å²) in [7, 11) is 0. The van der Waals surface area contributed by atoms with E-state index in [4.69, 9.17) is 11.7 Å². The lowest BCUT2D eigenvalue weighted by Crippen LogP contribution is -2.48. The van der Waals surface area contributed by atoms with Crippen molar-refractivity contribution in [1.82, 2.24) is 16.1 Å². The summed E-state index contributed by atoms with van der Waals surface area (Å²) in [5.41, 5.74) is 3.12. The van der Waals surface area contributed by atoms with Crippen molar-refractivity contribution in [3.05, 3.63) is 35.9 Å². The molecule has 0 saturated heterocycles. The SMILES string of the molecule is N/N=C(\NN)NC(=O)NCc1ccccc1. The number of urea groups is 1. The average Bonchev–Trinajstić information content (AvgIpc) is 2.34. The van der Waals surface area contributed by atoms with Crippen LogP contribution in [-0.2, 0) is 6.54 Å². The third kappa shape index (κ3) is 3.84. The van der Waals surface area contributed by atoms with Crippen LogP contribution in [0.15, 0.2) is 35.4 Å². The van der Waals surface area contributed by atoms with Gasteiger partial charge in [-0.2, -0.15) is 0 Å². The summed E-state index contributed by atoms with van der Waals surface area (Å²) >= 11 is 0. The highest BCUT2D eigenvalue weighted by atomic mass is 16.2. The third-order valence-electron chi connectivity index (χ3n) is 1.79. The molecule has 1 aromatic carbocycles. The molecule has 7 heteroatoms. The molecule has 0 atom stereocenters. The molecule has 7 nitrogen and oxygen atoms in total. The van der Waals surface area contributed by atoms with Crippen LogP contribution in [0, 0.1) is 0 Å². The molecule has 0 aliphatic heterocycles. The number of rotatable bonds is 2. The van der Waals surface area contributed by atoms with Gasteiger partial charge in [0.15, 0.2) is 0 Å². The lowest BCUT2D eigenvalue weighted by molar-refractivity contribution is 0.244. The molecule has 1 rings (SSSR count). The van der Waals surface area contributed by atoms with Crippen molar-refractivity contribution < 1.29 is 4.79 Å². The van der Waals surface area contributed by atoms with Gasteiger partial charge in [0.25, 0.3) is 0 Å². The van der Waals surface area contributed by atoms with E-state index in [1.54, 1.807) is 0 Å². The van der Waals surface area contributed by atoms with Crippen LogP contribution in [0.5, 0.6) is 0 Å². The molecule has 1 aromatic rings. The van der Waals surface area contributed by atoms with Gasteiger partial charge in [0.05, 0.1) is 0 Å². The molecule has 0 heterocycles. The fourth-order valence-corrected chi connectivity index (χ4v) is 1.04. The largest absolute Gasteiger partial charge is 0.334 e. The summed E-state index contributed by atoms with van der Waals surface area (Å²) < 4.78 is 0. The fraction of sp³-hybridized carbons (Fsp3) is 0.111. The van der Waals surface area contributed by atoms with Gasteiger partial charge in [-0.15, -0.1) is 5.10 Å². The molecule has 7 N–H and O–H groups in total. The third-order valence-corrected chi connectivity index (χ3v) is 1.79. The number of nitrogens with one attached hydrogen (secondary N) is 3. The van der Waals surface area contributed by atoms with Gasteiger partial charge in [0, 0.05) is 6.54 Å². The minimum absolute atomic E-state index is 0.00874. The normalized spacial score (nSPS) is 10.7. The lowest BCUT2D eigenvalue weighted by Gasteiger charge is -2.08. The predicted octanol–water partition coefficient (Wildman–Crippen LogP) is -0.821. The van der Waals surface area contributed by atoms with E-state index in [0.29, 0.717) is 6.54 Å². The smallest absolute Gasteiger partial charge is 0.321 e. The Balaban J connectivity index is 2.36. The maximum Gasteiger partial charge on any atom is 0.321 e. The van der Waals surface area contributed by atoms with Crippen LogP contribution in [0.25, 0.3) is 0 Å². The van der Waals surface area contributed by atoms with E-state index in [1.807, 2.05) is 30.3 Å². The minimum Gasteiger partial charge on any atom is -0.334 e. The zero-order chi connectivity index (χ0) is 11.8. The maximum absolute atomic E-state index is 11.3. The first-order valence-corrected chi connectivity index (χ1v) is 4.59. The molecule has 0 radical (unpaired) electrons. The second kappa shape index (κ2) is 6.25. The van der Waals surface area contributed by atoms with Gasteiger partial charge in [0.1, 0.15) is 0 Å². The van der Waals surface area contributed by atoms with Crippen LogP contribution >= 0.6 is 0 Å². The van der Waals surface area contributed by atoms with Crippen molar-refractivity contribution >= 4 is 12.0 Å². The number of nitrogens with two attached hydrogens (primary N) is 2. The van der Waals surface area contributed by atoms with E-state index in [2.05, 4.69) is 21.2 Å². The highest BCUT2D eigenvalue weighted by molar-refractivity contribution is 5.95. The monoisotopic (exact) mass is 222 g/mol. The highest BCUT2D eigenvalue weighted by Gasteiger charge is 2.03. The molecule has 0 unspecified atom stereocenters.